The van der Waals surface area contributed by atoms with Crippen molar-refractivity contribution in [2.24, 2.45) is 11.8 Å². The molecule has 7 heteroatoms. The summed E-state index contributed by atoms with van der Waals surface area (Å²) in [5, 5.41) is 30.7. The smallest absolute Gasteiger partial charge is 0.239 e. The maximum Gasteiger partial charge on any atom is 0.239 e. The Morgan fingerprint density at radius 2 is 1.66 bits per heavy atom. The van der Waals surface area contributed by atoms with Crippen LogP contribution in [-0.2, 0) is 4.74 Å². The third-order valence-corrected chi connectivity index (χ3v) is 6.20. The van der Waals surface area contributed by atoms with Crippen molar-refractivity contribution in [3.8, 4) is 28.6 Å². The van der Waals surface area contributed by atoms with E-state index in [-0.39, 0.29) is 53.6 Å². The molecular formula is C25H30O7. The quantitative estimate of drug-likeness (QED) is 0.545. The van der Waals surface area contributed by atoms with E-state index < -0.39 is 23.6 Å². The molecule has 4 rings (SSSR count). The van der Waals surface area contributed by atoms with Crippen molar-refractivity contribution in [3.63, 3.8) is 0 Å². The van der Waals surface area contributed by atoms with Gasteiger partial charge in [0, 0.05) is 17.7 Å². The SMILES string of the molecule is C.Cc1ccc(-c2oc3cc(O)cc(O)c3c(=O)c2OC2OC(C)[C@H](C)[C@H](C)[C@@H]2O)cc1. The number of benzene rings is 2. The highest BCUT2D eigenvalue weighted by Gasteiger charge is 2.41. The van der Waals surface area contributed by atoms with E-state index in [0.717, 1.165) is 11.6 Å². The number of phenols is 2. The summed E-state index contributed by atoms with van der Waals surface area (Å²) in [6.07, 6.45) is -2.23. The molecule has 1 saturated heterocycles. The fourth-order valence-corrected chi connectivity index (χ4v) is 3.89. The van der Waals surface area contributed by atoms with Gasteiger partial charge in [-0.1, -0.05) is 51.1 Å². The van der Waals surface area contributed by atoms with Crippen LogP contribution >= 0.6 is 0 Å². The normalized spacial score (nSPS) is 25.3. The minimum atomic E-state index is -1.08. The number of ether oxygens (including phenoxy) is 2. The van der Waals surface area contributed by atoms with Gasteiger partial charge in [-0.05, 0) is 25.7 Å². The summed E-state index contributed by atoms with van der Waals surface area (Å²) in [6, 6.07) is 9.60. The summed E-state index contributed by atoms with van der Waals surface area (Å²) in [5.74, 6) is -0.725. The summed E-state index contributed by atoms with van der Waals surface area (Å²) < 4.78 is 17.7. The van der Waals surface area contributed by atoms with Gasteiger partial charge in [0.2, 0.25) is 17.5 Å². The van der Waals surface area contributed by atoms with Crippen LogP contribution in [0.15, 0.2) is 45.6 Å². The second-order valence-electron chi connectivity index (χ2n) is 8.33. The van der Waals surface area contributed by atoms with E-state index in [4.69, 9.17) is 13.9 Å². The number of aromatic hydroxyl groups is 2. The Labute approximate surface area is 186 Å². The van der Waals surface area contributed by atoms with E-state index in [1.54, 1.807) is 12.1 Å². The number of fused-ring (bicyclic) bond motifs is 1. The lowest BCUT2D eigenvalue weighted by atomic mass is 9.84. The van der Waals surface area contributed by atoms with Gasteiger partial charge in [-0.15, -0.1) is 0 Å². The zero-order valence-electron chi connectivity index (χ0n) is 17.8. The number of phenolic OH excluding ortho intramolecular Hbond substituents is 2. The van der Waals surface area contributed by atoms with Crippen molar-refractivity contribution in [2.75, 3.05) is 0 Å². The van der Waals surface area contributed by atoms with Crippen LogP contribution < -0.4 is 10.2 Å². The molecule has 1 fully saturated rings. The summed E-state index contributed by atoms with van der Waals surface area (Å²) in [5.41, 5.74) is 0.990. The van der Waals surface area contributed by atoms with Crippen LogP contribution in [0.5, 0.6) is 17.2 Å². The molecule has 1 aliphatic rings. The molecule has 7 nitrogen and oxygen atoms in total. The number of aryl methyl sites for hydroxylation is 1. The van der Waals surface area contributed by atoms with Crippen LogP contribution in [-0.4, -0.2) is 33.8 Å². The molecular weight excluding hydrogens is 412 g/mol. The molecule has 32 heavy (non-hydrogen) atoms. The summed E-state index contributed by atoms with van der Waals surface area (Å²) in [7, 11) is 0. The van der Waals surface area contributed by atoms with Crippen molar-refractivity contribution < 1.29 is 29.2 Å². The Hall–Kier alpha value is -3.03. The van der Waals surface area contributed by atoms with Crippen LogP contribution in [0.25, 0.3) is 22.3 Å². The Morgan fingerprint density at radius 3 is 2.31 bits per heavy atom. The molecule has 0 bridgehead atoms. The maximum atomic E-state index is 13.4. The van der Waals surface area contributed by atoms with E-state index in [1.807, 2.05) is 39.8 Å². The largest absolute Gasteiger partial charge is 0.508 e. The first kappa shape index (κ1) is 23.6. The van der Waals surface area contributed by atoms with Crippen molar-refractivity contribution in [1.29, 1.82) is 0 Å². The molecule has 2 aromatic carbocycles. The topological polar surface area (TPSA) is 109 Å². The lowest BCUT2D eigenvalue weighted by Crippen LogP contribution is -2.51. The zero-order valence-corrected chi connectivity index (χ0v) is 17.8. The van der Waals surface area contributed by atoms with Gasteiger partial charge in [0.15, 0.2) is 5.76 Å². The van der Waals surface area contributed by atoms with Crippen LogP contribution in [0.3, 0.4) is 0 Å². The number of aliphatic hydroxyl groups is 1. The standard InChI is InChI=1S/C24H26O7.CH4/c1-11-5-7-15(8-6-11)22-23(31-24-20(27)13(3)12(2)14(4)29-24)21(28)19-17(26)9-16(25)10-18(19)30-22;/h5-10,12-14,20,24-27H,1-4H3;1H4/t12-,13+,14?,20+,24?;/m1./s1. The molecule has 0 saturated carbocycles. The maximum absolute atomic E-state index is 13.4. The van der Waals surface area contributed by atoms with E-state index in [2.05, 4.69) is 0 Å². The van der Waals surface area contributed by atoms with Gasteiger partial charge in [-0.25, -0.2) is 0 Å². The number of hydrogen-bond donors (Lipinski definition) is 3. The van der Waals surface area contributed by atoms with Crippen molar-refractivity contribution in [2.45, 2.75) is 53.6 Å². The van der Waals surface area contributed by atoms with E-state index in [0.29, 0.717) is 5.56 Å². The van der Waals surface area contributed by atoms with Gasteiger partial charge in [-0.2, -0.15) is 0 Å². The lowest BCUT2D eigenvalue weighted by molar-refractivity contribution is -0.233. The lowest BCUT2D eigenvalue weighted by Gasteiger charge is -2.40. The molecule has 5 atom stereocenters. The van der Waals surface area contributed by atoms with E-state index in [1.165, 1.54) is 6.07 Å². The van der Waals surface area contributed by atoms with E-state index in [9.17, 15) is 20.1 Å². The first-order chi connectivity index (χ1) is 14.7. The summed E-state index contributed by atoms with van der Waals surface area (Å²) in [4.78, 5) is 13.4. The van der Waals surface area contributed by atoms with Gasteiger partial charge < -0.3 is 29.2 Å². The Bertz CT molecular complexity index is 1170. The highest BCUT2D eigenvalue weighted by atomic mass is 16.7. The Kier molecular flexibility index (Phi) is 6.53. The molecule has 0 aliphatic carbocycles. The van der Waals surface area contributed by atoms with E-state index >= 15 is 0 Å². The number of aliphatic hydroxyl groups excluding tert-OH is 1. The monoisotopic (exact) mass is 442 g/mol. The Balaban J connectivity index is 0.00000289. The predicted octanol–water partition coefficient (Wildman–Crippen LogP) is 4.57. The van der Waals surface area contributed by atoms with Crippen molar-refractivity contribution in [1.82, 2.24) is 0 Å². The predicted molar refractivity (Wildman–Crippen MR) is 122 cm³/mol. The molecule has 0 amide bonds. The molecule has 1 aliphatic heterocycles. The molecule has 1 aromatic heterocycles. The first-order valence-electron chi connectivity index (χ1n) is 10.3. The summed E-state index contributed by atoms with van der Waals surface area (Å²) in [6.45, 7) is 7.72. The summed E-state index contributed by atoms with van der Waals surface area (Å²) >= 11 is 0. The first-order valence-corrected chi connectivity index (χ1v) is 10.3. The molecule has 2 unspecified atom stereocenters. The third kappa shape index (κ3) is 4.06. The van der Waals surface area contributed by atoms with Crippen molar-refractivity contribution >= 4 is 11.0 Å². The number of rotatable bonds is 3. The molecule has 2 heterocycles. The zero-order chi connectivity index (χ0) is 22.4. The van der Waals surface area contributed by atoms with Crippen molar-refractivity contribution in [3.05, 3.63) is 52.2 Å². The number of hydrogen-bond acceptors (Lipinski definition) is 7. The second-order valence-corrected chi connectivity index (χ2v) is 8.33. The fraction of sp³-hybridized carbons (Fsp3) is 0.400. The molecule has 172 valence electrons. The minimum absolute atomic E-state index is 0. The van der Waals surface area contributed by atoms with Crippen LogP contribution in [0, 0.1) is 18.8 Å². The van der Waals surface area contributed by atoms with Gasteiger partial charge in [0.05, 0.1) is 6.10 Å². The van der Waals surface area contributed by atoms with Gasteiger partial charge in [0.25, 0.3) is 0 Å². The second kappa shape index (κ2) is 8.84. The van der Waals surface area contributed by atoms with Gasteiger partial charge in [-0.3, -0.25) is 4.79 Å². The third-order valence-electron chi connectivity index (χ3n) is 6.20. The molecule has 3 N–H and O–H groups in total. The van der Waals surface area contributed by atoms with Crippen LogP contribution in [0.1, 0.15) is 33.8 Å². The van der Waals surface area contributed by atoms with Gasteiger partial charge in [0.1, 0.15) is 28.6 Å². The average Bonchev–Trinajstić information content (AvgIpc) is 2.72. The molecule has 0 radical (unpaired) electrons. The van der Waals surface area contributed by atoms with Crippen LogP contribution in [0.4, 0.5) is 0 Å². The molecule has 3 aromatic rings. The van der Waals surface area contributed by atoms with Crippen LogP contribution in [0.2, 0.25) is 0 Å². The minimum Gasteiger partial charge on any atom is -0.508 e. The fourth-order valence-electron chi connectivity index (χ4n) is 3.89. The average molecular weight is 443 g/mol. The Morgan fingerprint density at radius 1 is 1.00 bits per heavy atom. The highest BCUT2D eigenvalue weighted by Crippen LogP contribution is 2.38. The highest BCUT2D eigenvalue weighted by molar-refractivity contribution is 5.88. The molecule has 0 spiro atoms. The van der Waals surface area contributed by atoms with Gasteiger partial charge >= 0.3 is 0 Å².